The van der Waals surface area contributed by atoms with Crippen LogP contribution in [0.2, 0.25) is 5.02 Å². The molecule has 0 N–H and O–H groups in total. The summed E-state index contributed by atoms with van der Waals surface area (Å²) >= 11 is 6.29. The highest BCUT2D eigenvalue weighted by molar-refractivity contribution is 6.31. The van der Waals surface area contributed by atoms with Gasteiger partial charge < -0.3 is 4.90 Å². The minimum Gasteiger partial charge on any atom is -0.325 e. The van der Waals surface area contributed by atoms with E-state index in [1.807, 2.05) is 36.0 Å². The first-order chi connectivity index (χ1) is 12.7. The van der Waals surface area contributed by atoms with Crippen molar-refractivity contribution < 1.29 is 0 Å². The molecule has 0 saturated carbocycles. The zero-order valence-electron chi connectivity index (χ0n) is 14.2. The zero-order valence-corrected chi connectivity index (χ0v) is 15.0. The molecule has 0 spiro atoms. The van der Waals surface area contributed by atoms with Gasteiger partial charge in [-0.05, 0) is 42.7 Å². The third kappa shape index (κ3) is 2.28. The molecule has 1 aliphatic rings. The number of benzene rings is 2. The fraction of sp³-hybridized carbons (Fsp3) is 0.150. The van der Waals surface area contributed by atoms with Crippen LogP contribution in [-0.2, 0) is 6.42 Å². The number of aromatic nitrogens is 4. The number of fused-ring (bicyclic) bond motifs is 2. The van der Waals surface area contributed by atoms with Crippen LogP contribution >= 0.6 is 11.6 Å². The molecule has 0 atom stereocenters. The first-order valence-electron chi connectivity index (χ1n) is 8.53. The van der Waals surface area contributed by atoms with Crippen molar-refractivity contribution in [3.05, 3.63) is 71.1 Å². The standard InChI is InChI=1S/C20H16ClN5/c1-13-6-7-15(10-17(13)21)26-20-16(11-24-26)19(22-12-23-20)25-9-8-14-4-2-3-5-18(14)25/h2-7,10-12H,8-9H2,1H3. The average molecular weight is 362 g/mol. The summed E-state index contributed by atoms with van der Waals surface area (Å²) in [6, 6.07) is 14.4. The lowest BCUT2D eigenvalue weighted by Gasteiger charge is -2.18. The average Bonchev–Trinajstić information content (AvgIpc) is 3.28. The molecule has 5 nitrogen and oxygen atoms in total. The highest BCUT2D eigenvalue weighted by Gasteiger charge is 2.24. The van der Waals surface area contributed by atoms with E-state index >= 15 is 0 Å². The van der Waals surface area contributed by atoms with Crippen molar-refractivity contribution >= 4 is 34.1 Å². The van der Waals surface area contributed by atoms with Gasteiger partial charge in [0, 0.05) is 17.3 Å². The number of anilines is 2. The minimum atomic E-state index is 0.717. The van der Waals surface area contributed by atoms with Gasteiger partial charge in [0.25, 0.3) is 0 Å². The van der Waals surface area contributed by atoms with Crippen molar-refractivity contribution in [1.82, 2.24) is 19.7 Å². The Hall–Kier alpha value is -2.92. The SMILES string of the molecule is Cc1ccc(-n2ncc3c(N4CCc5ccccc54)ncnc32)cc1Cl. The smallest absolute Gasteiger partial charge is 0.168 e. The lowest BCUT2D eigenvalue weighted by Crippen LogP contribution is -2.15. The number of halogens is 1. The summed E-state index contributed by atoms with van der Waals surface area (Å²) in [6.07, 6.45) is 4.45. The van der Waals surface area contributed by atoms with Gasteiger partial charge in [-0.15, -0.1) is 0 Å². The quantitative estimate of drug-likeness (QED) is 0.528. The molecule has 0 radical (unpaired) electrons. The van der Waals surface area contributed by atoms with E-state index in [0.29, 0.717) is 5.02 Å². The van der Waals surface area contributed by atoms with Crippen LogP contribution < -0.4 is 4.90 Å². The van der Waals surface area contributed by atoms with E-state index in [-0.39, 0.29) is 0 Å². The second kappa shape index (κ2) is 5.81. The van der Waals surface area contributed by atoms with E-state index in [4.69, 9.17) is 11.6 Å². The normalized spacial score (nSPS) is 13.4. The first-order valence-corrected chi connectivity index (χ1v) is 8.91. The Bertz CT molecular complexity index is 1130. The van der Waals surface area contributed by atoms with E-state index in [9.17, 15) is 0 Å². The number of aryl methyl sites for hydroxylation is 1. The van der Waals surface area contributed by atoms with Gasteiger partial charge in [0.1, 0.15) is 12.1 Å². The summed E-state index contributed by atoms with van der Waals surface area (Å²) in [4.78, 5) is 11.3. The molecule has 6 heteroatoms. The Kier molecular flexibility index (Phi) is 3.43. The third-order valence-corrected chi connectivity index (χ3v) is 5.29. The molecule has 0 aliphatic carbocycles. The van der Waals surface area contributed by atoms with E-state index in [1.165, 1.54) is 11.3 Å². The van der Waals surface area contributed by atoms with E-state index in [2.05, 4.69) is 44.2 Å². The van der Waals surface area contributed by atoms with E-state index < -0.39 is 0 Å². The second-order valence-corrected chi connectivity index (χ2v) is 6.86. The van der Waals surface area contributed by atoms with Crippen LogP contribution in [0.15, 0.2) is 55.0 Å². The summed E-state index contributed by atoms with van der Waals surface area (Å²) in [5, 5.41) is 6.20. The van der Waals surface area contributed by atoms with Crippen LogP contribution in [0.3, 0.4) is 0 Å². The van der Waals surface area contributed by atoms with Gasteiger partial charge in [0.2, 0.25) is 0 Å². The monoisotopic (exact) mass is 361 g/mol. The lowest BCUT2D eigenvalue weighted by molar-refractivity contribution is 0.893. The summed E-state index contributed by atoms with van der Waals surface area (Å²) in [7, 11) is 0. The third-order valence-electron chi connectivity index (χ3n) is 4.89. The van der Waals surface area contributed by atoms with Crippen molar-refractivity contribution in [3.8, 4) is 5.69 Å². The predicted molar refractivity (Wildman–Crippen MR) is 104 cm³/mol. The fourth-order valence-electron chi connectivity index (χ4n) is 3.51. The van der Waals surface area contributed by atoms with Crippen molar-refractivity contribution in [3.63, 3.8) is 0 Å². The van der Waals surface area contributed by atoms with Crippen LogP contribution in [0.4, 0.5) is 11.5 Å². The summed E-state index contributed by atoms with van der Waals surface area (Å²) in [5.74, 6) is 0.893. The Labute approximate surface area is 155 Å². The Morgan fingerprint density at radius 2 is 1.96 bits per heavy atom. The lowest BCUT2D eigenvalue weighted by atomic mass is 10.2. The molecule has 3 heterocycles. The van der Waals surface area contributed by atoms with Crippen molar-refractivity contribution in [1.29, 1.82) is 0 Å². The zero-order chi connectivity index (χ0) is 17.7. The Morgan fingerprint density at radius 1 is 1.08 bits per heavy atom. The first kappa shape index (κ1) is 15.3. The second-order valence-electron chi connectivity index (χ2n) is 6.45. The van der Waals surface area contributed by atoms with Gasteiger partial charge in [0.05, 0.1) is 17.3 Å². The van der Waals surface area contributed by atoms with Crippen LogP contribution in [0.1, 0.15) is 11.1 Å². The Balaban J connectivity index is 1.66. The molecule has 2 aromatic carbocycles. The highest BCUT2D eigenvalue weighted by Crippen LogP contribution is 2.36. The van der Waals surface area contributed by atoms with Crippen LogP contribution in [0.25, 0.3) is 16.7 Å². The van der Waals surface area contributed by atoms with Gasteiger partial charge in [-0.2, -0.15) is 5.10 Å². The number of hydrogen-bond acceptors (Lipinski definition) is 4. The van der Waals surface area contributed by atoms with E-state index in [0.717, 1.165) is 41.1 Å². The van der Waals surface area contributed by atoms with Crippen molar-refractivity contribution in [2.45, 2.75) is 13.3 Å². The number of nitrogens with zero attached hydrogens (tertiary/aromatic N) is 5. The van der Waals surface area contributed by atoms with Crippen molar-refractivity contribution in [2.24, 2.45) is 0 Å². The van der Waals surface area contributed by atoms with Crippen LogP contribution in [-0.4, -0.2) is 26.3 Å². The van der Waals surface area contributed by atoms with Gasteiger partial charge in [0.15, 0.2) is 5.65 Å². The van der Waals surface area contributed by atoms with Crippen molar-refractivity contribution in [2.75, 3.05) is 11.4 Å². The van der Waals surface area contributed by atoms with Gasteiger partial charge in [-0.3, -0.25) is 0 Å². The molecular formula is C20H16ClN5. The topological polar surface area (TPSA) is 46.8 Å². The molecule has 5 rings (SSSR count). The molecule has 0 saturated heterocycles. The summed E-state index contributed by atoms with van der Waals surface area (Å²) in [5.41, 5.74) is 5.26. The molecule has 128 valence electrons. The van der Waals surface area contributed by atoms with Crippen LogP contribution in [0.5, 0.6) is 0 Å². The maximum Gasteiger partial charge on any atom is 0.168 e. The number of para-hydroxylation sites is 1. The molecule has 0 bridgehead atoms. The largest absolute Gasteiger partial charge is 0.325 e. The predicted octanol–water partition coefficient (Wildman–Crippen LogP) is 4.47. The number of rotatable bonds is 2. The van der Waals surface area contributed by atoms with Gasteiger partial charge >= 0.3 is 0 Å². The molecule has 26 heavy (non-hydrogen) atoms. The van der Waals surface area contributed by atoms with Gasteiger partial charge in [-0.1, -0.05) is 35.9 Å². The fourth-order valence-corrected chi connectivity index (χ4v) is 3.68. The van der Waals surface area contributed by atoms with Gasteiger partial charge in [-0.25, -0.2) is 14.6 Å². The maximum atomic E-state index is 6.29. The Morgan fingerprint density at radius 3 is 2.85 bits per heavy atom. The molecule has 4 aromatic rings. The highest BCUT2D eigenvalue weighted by atomic mass is 35.5. The molecule has 1 aliphatic heterocycles. The summed E-state index contributed by atoms with van der Waals surface area (Å²) in [6.45, 7) is 2.89. The molecule has 0 fully saturated rings. The molecular weight excluding hydrogens is 346 g/mol. The van der Waals surface area contributed by atoms with Crippen LogP contribution in [0, 0.1) is 6.92 Å². The molecule has 0 unspecified atom stereocenters. The number of hydrogen-bond donors (Lipinski definition) is 0. The molecule has 0 amide bonds. The summed E-state index contributed by atoms with van der Waals surface area (Å²) < 4.78 is 1.81. The van der Waals surface area contributed by atoms with E-state index in [1.54, 1.807) is 6.33 Å². The molecule has 2 aromatic heterocycles. The maximum absolute atomic E-state index is 6.29. The minimum absolute atomic E-state index is 0.717.